The van der Waals surface area contributed by atoms with Gasteiger partial charge >= 0.3 is 0 Å². The third-order valence-electron chi connectivity index (χ3n) is 5.56. The first-order valence-corrected chi connectivity index (χ1v) is 10.8. The second-order valence-electron chi connectivity index (χ2n) is 8.49. The number of carbonyl (C=O) groups is 1. The van der Waals surface area contributed by atoms with Gasteiger partial charge in [0.2, 0.25) is 0 Å². The number of anilines is 2. The van der Waals surface area contributed by atoms with Gasteiger partial charge in [0.15, 0.2) is 0 Å². The van der Waals surface area contributed by atoms with Gasteiger partial charge in [0.05, 0.1) is 5.54 Å². The Labute approximate surface area is 189 Å². The Kier molecular flexibility index (Phi) is 6.57. The normalized spacial score (nSPS) is 15.1. The Bertz CT molecular complexity index is 1120. The molecule has 0 spiro atoms. The molecule has 1 aliphatic rings. The molecule has 0 saturated carbocycles. The summed E-state index contributed by atoms with van der Waals surface area (Å²) in [5, 5.41) is 12.9. The molecule has 0 bridgehead atoms. The molecule has 5 heteroatoms. The minimum atomic E-state index is -0.456. The van der Waals surface area contributed by atoms with Crippen LogP contribution in [-0.4, -0.2) is 18.0 Å². The van der Waals surface area contributed by atoms with Gasteiger partial charge in [-0.05, 0) is 87.2 Å². The van der Waals surface area contributed by atoms with Crippen LogP contribution in [0.25, 0.3) is 11.6 Å². The summed E-state index contributed by atoms with van der Waals surface area (Å²) in [4.78, 5) is 15.1. The SMILES string of the molecule is CCCN1c2cc(C)c(/C=C(\C#N)C(=O)Nc3cccc(Cl)c3)cc2C(C)=CC1(C)C. The number of nitriles is 1. The van der Waals surface area contributed by atoms with Gasteiger partial charge < -0.3 is 10.2 Å². The number of fused-ring (bicyclic) bond motifs is 1. The maximum atomic E-state index is 12.7. The Morgan fingerprint density at radius 1 is 1.26 bits per heavy atom. The molecule has 4 nitrogen and oxygen atoms in total. The first-order valence-electron chi connectivity index (χ1n) is 10.5. The van der Waals surface area contributed by atoms with Gasteiger partial charge in [0.1, 0.15) is 11.6 Å². The fourth-order valence-corrected chi connectivity index (χ4v) is 4.29. The largest absolute Gasteiger partial charge is 0.362 e. The first kappa shape index (κ1) is 22.7. The molecule has 0 radical (unpaired) electrons. The van der Waals surface area contributed by atoms with E-state index in [9.17, 15) is 10.1 Å². The lowest BCUT2D eigenvalue weighted by molar-refractivity contribution is -0.112. The molecule has 1 N–H and O–H groups in total. The lowest BCUT2D eigenvalue weighted by Gasteiger charge is -2.43. The molecule has 1 aliphatic heterocycles. The highest BCUT2D eigenvalue weighted by Gasteiger charge is 2.31. The van der Waals surface area contributed by atoms with Crippen molar-refractivity contribution in [3.05, 3.63) is 69.8 Å². The van der Waals surface area contributed by atoms with Crippen molar-refractivity contribution >= 4 is 40.5 Å². The third kappa shape index (κ3) is 4.84. The summed E-state index contributed by atoms with van der Waals surface area (Å²) < 4.78 is 0. The summed E-state index contributed by atoms with van der Waals surface area (Å²) >= 11 is 5.99. The molecule has 0 unspecified atom stereocenters. The monoisotopic (exact) mass is 433 g/mol. The van der Waals surface area contributed by atoms with Crippen molar-refractivity contribution in [2.75, 3.05) is 16.8 Å². The molecule has 0 saturated heterocycles. The number of amides is 1. The Morgan fingerprint density at radius 3 is 2.65 bits per heavy atom. The zero-order valence-corrected chi connectivity index (χ0v) is 19.5. The van der Waals surface area contributed by atoms with Crippen molar-refractivity contribution in [2.24, 2.45) is 0 Å². The number of rotatable bonds is 5. The summed E-state index contributed by atoms with van der Waals surface area (Å²) in [6, 6.07) is 13.2. The lowest BCUT2D eigenvalue weighted by atomic mass is 9.86. The van der Waals surface area contributed by atoms with Crippen LogP contribution < -0.4 is 10.2 Å². The topological polar surface area (TPSA) is 56.1 Å². The van der Waals surface area contributed by atoms with Crippen molar-refractivity contribution in [3.8, 4) is 6.07 Å². The Balaban J connectivity index is 1.99. The van der Waals surface area contributed by atoms with E-state index in [1.165, 1.54) is 11.3 Å². The van der Waals surface area contributed by atoms with E-state index in [1.807, 2.05) is 13.0 Å². The smallest absolute Gasteiger partial charge is 0.266 e. The molecule has 3 rings (SSSR count). The summed E-state index contributed by atoms with van der Waals surface area (Å²) in [6.07, 6.45) is 5.00. The number of hydrogen-bond acceptors (Lipinski definition) is 3. The number of halogens is 1. The van der Waals surface area contributed by atoms with Crippen molar-refractivity contribution in [1.82, 2.24) is 0 Å². The van der Waals surface area contributed by atoms with Crippen molar-refractivity contribution in [2.45, 2.75) is 46.6 Å². The number of hydrogen-bond donors (Lipinski definition) is 1. The average molecular weight is 434 g/mol. The molecule has 0 atom stereocenters. The molecular formula is C26H28ClN3O. The fourth-order valence-electron chi connectivity index (χ4n) is 4.10. The number of aryl methyl sites for hydroxylation is 1. The lowest BCUT2D eigenvalue weighted by Crippen LogP contribution is -2.45. The minimum Gasteiger partial charge on any atom is -0.362 e. The number of nitrogens with zero attached hydrogens (tertiary/aromatic N) is 2. The number of allylic oxidation sites excluding steroid dienone is 1. The molecule has 31 heavy (non-hydrogen) atoms. The fraction of sp³-hybridized carbons (Fsp3) is 0.308. The molecule has 0 aliphatic carbocycles. The maximum absolute atomic E-state index is 12.7. The first-order chi connectivity index (χ1) is 14.7. The van der Waals surface area contributed by atoms with E-state index in [1.54, 1.807) is 30.3 Å². The van der Waals surface area contributed by atoms with E-state index in [2.05, 4.69) is 56.1 Å². The van der Waals surface area contributed by atoms with Crippen LogP contribution in [-0.2, 0) is 4.79 Å². The predicted molar refractivity (Wildman–Crippen MR) is 130 cm³/mol. The van der Waals surface area contributed by atoms with Crippen LogP contribution in [0.1, 0.15) is 50.8 Å². The van der Waals surface area contributed by atoms with Gasteiger partial charge in [-0.2, -0.15) is 5.26 Å². The number of carbonyl (C=O) groups excluding carboxylic acids is 1. The van der Waals surface area contributed by atoms with E-state index in [-0.39, 0.29) is 11.1 Å². The Morgan fingerprint density at radius 2 is 2.00 bits per heavy atom. The van der Waals surface area contributed by atoms with Crippen molar-refractivity contribution < 1.29 is 4.79 Å². The van der Waals surface area contributed by atoms with Crippen LogP contribution in [0.2, 0.25) is 5.02 Å². The van der Waals surface area contributed by atoms with Crippen LogP contribution in [0.3, 0.4) is 0 Å². The average Bonchev–Trinajstić information content (AvgIpc) is 2.69. The van der Waals surface area contributed by atoms with Crippen molar-refractivity contribution in [3.63, 3.8) is 0 Å². The third-order valence-corrected chi connectivity index (χ3v) is 5.80. The molecule has 2 aromatic rings. The molecule has 0 aromatic heterocycles. The van der Waals surface area contributed by atoms with Crippen LogP contribution >= 0.6 is 11.6 Å². The van der Waals surface area contributed by atoms with Gasteiger partial charge in [0, 0.05) is 28.5 Å². The summed E-state index contributed by atoms with van der Waals surface area (Å²) in [7, 11) is 0. The summed E-state index contributed by atoms with van der Waals surface area (Å²) in [6.45, 7) is 11.7. The van der Waals surface area contributed by atoms with E-state index in [0.29, 0.717) is 10.7 Å². The number of nitrogens with one attached hydrogen (secondary N) is 1. The van der Waals surface area contributed by atoms with Gasteiger partial charge in [-0.1, -0.05) is 30.7 Å². The second-order valence-corrected chi connectivity index (χ2v) is 8.93. The maximum Gasteiger partial charge on any atom is 0.266 e. The zero-order chi connectivity index (χ0) is 22.8. The van der Waals surface area contributed by atoms with Gasteiger partial charge in [0.25, 0.3) is 5.91 Å². The molecule has 1 heterocycles. The molecule has 0 fully saturated rings. The van der Waals surface area contributed by atoms with E-state index < -0.39 is 5.91 Å². The molecule has 160 valence electrons. The van der Waals surface area contributed by atoms with Gasteiger partial charge in [-0.15, -0.1) is 0 Å². The van der Waals surface area contributed by atoms with Crippen molar-refractivity contribution in [1.29, 1.82) is 5.26 Å². The van der Waals surface area contributed by atoms with Gasteiger partial charge in [-0.3, -0.25) is 4.79 Å². The second kappa shape index (κ2) is 8.99. The highest BCUT2D eigenvalue weighted by atomic mass is 35.5. The summed E-state index contributed by atoms with van der Waals surface area (Å²) in [5.74, 6) is -0.456. The summed E-state index contributed by atoms with van der Waals surface area (Å²) in [5.41, 5.74) is 5.95. The van der Waals surface area contributed by atoms with E-state index in [4.69, 9.17) is 11.6 Å². The van der Waals surface area contributed by atoms with E-state index >= 15 is 0 Å². The van der Waals surface area contributed by atoms with Gasteiger partial charge in [-0.25, -0.2) is 0 Å². The standard InChI is InChI=1S/C26H28ClN3O/c1-6-10-30-24-11-17(2)19(13-23(24)18(3)15-26(30,4)5)12-20(16-28)25(31)29-22-9-7-8-21(27)14-22/h7-9,11-15H,6,10H2,1-5H3,(H,29,31)/b20-12+. The number of benzene rings is 2. The Hall–Kier alpha value is -3.03. The van der Waals surface area contributed by atoms with Crippen LogP contribution in [0.15, 0.2) is 48.0 Å². The molecule has 1 amide bonds. The predicted octanol–water partition coefficient (Wildman–Crippen LogP) is 6.61. The minimum absolute atomic E-state index is 0.0474. The van der Waals surface area contributed by atoms with E-state index in [0.717, 1.165) is 29.7 Å². The van der Waals surface area contributed by atoms with Crippen LogP contribution in [0, 0.1) is 18.3 Å². The highest BCUT2D eigenvalue weighted by molar-refractivity contribution is 6.31. The molecule has 2 aromatic carbocycles. The van der Waals surface area contributed by atoms with Crippen LogP contribution in [0.5, 0.6) is 0 Å². The highest BCUT2D eigenvalue weighted by Crippen LogP contribution is 2.40. The zero-order valence-electron chi connectivity index (χ0n) is 18.7. The quantitative estimate of drug-likeness (QED) is 0.426. The molecular weight excluding hydrogens is 406 g/mol. The van der Waals surface area contributed by atoms with Crippen LogP contribution in [0.4, 0.5) is 11.4 Å².